The third kappa shape index (κ3) is 3.61. The first-order chi connectivity index (χ1) is 13.1. The van der Waals surface area contributed by atoms with Crippen molar-refractivity contribution in [1.29, 1.82) is 0 Å². The lowest BCUT2D eigenvalue weighted by Gasteiger charge is -2.24. The minimum absolute atomic E-state index is 0.0704. The third-order valence-electron chi connectivity index (χ3n) is 4.51. The molecule has 27 heavy (non-hydrogen) atoms. The SMILES string of the molecule is O=C1CN=C(c2ccccc2)c2cc(Cl)ccc2N1Cc1ccccc1Cl. The van der Waals surface area contributed by atoms with Crippen molar-refractivity contribution in [3.63, 3.8) is 0 Å². The monoisotopic (exact) mass is 394 g/mol. The number of benzene rings is 3. The number of rotatable bonds is 3. The van der Waals surface area contributed by atoms with Crippen molar-refractivity contribution < 1.29 is 4.79 Å². The van der Waals surface area contributed by atoms with Gasteiger partial charge in [-0.1, -0.05) is 71.7 Å². The van der Waals surface area contributed by atoms with E-state index in [0.29, 0.717) is 16.6 Å². The van der Waals surface area contributed by atoms with Crippen LogP contribution in [0.2, 0.25) is 10.0 Å². The summed E-state index contributed by atoms with van der Waals surface area (Å²) in [7, 11) is 0. The highest BCUT2D eigenvalue weighted by molar-refractivity contribution is 6.32. The number of anilines is 1. The maximum atomic E-state index is 12.9. The van der Waals surface area contributed by atoms with E-state index in [0.717, 1.165) is 28.1 Å². The minimum Gasteiger partial charge on any atom is -0.306 e. The van der Waals surface area contributed by atoms with Crippen LogP contribution in [0.4, 0.5) is 5.69 Å². The first-order valence-electron chi connectivity index (χ1n) is 8.57. The van der Waals surface area contributed by atoms with Gasteiger partial charge in [0.1, 0.15) is 6.54 Å². The molecule has 0 unspecified atom stereocenters. The summed E-state index contributed by atoms with van der Waals surface area (Å²) in [5, 5.41) is 1.23. The van der Waals surface area contributed by atoms with E-state index in [1.807, 2.05) is 66.7 Å². The fraction of sp³-hybridized carbons (Fsp3) is 0.0909. The van der Waals surface area contributed by atoms with Crippen LogP contribution in [0.15, 0.2) is 77.8 Å². The Morgan fingerprint density at radius 3 is 2.44 bits per heavy atom. The molecule has 0 bridgehead atoms. The molecule has 0 aromatic heterocycles. The largest absolute Gasteiger partial charge is 0.306 e. The lowest BCUT2D eigenvalue weighted by Crippen LogP contribution is -2.32. The molecule has 1 aliphatic heterocycles. The highest BCUT2D eigenvalue weighted by atomic mass is 35.5. The second kappa shape index (κ2) is 7.55. The number of carbonyl (C=O) groups excluding carboxylic acids is 1. The van der Waals surface area contributed by atoms with Crippen LogP contribution in [0.5, 0.6) is 0 Å². The smallest absolute Gasteiger partial charge is 0.248 e. The van der Waals surface area contributed by atoms with E-state index in [9.17, 15) is 4.79 Å². The molecule has 0 fully saturated rings. The Morgan fingerprint density at radius 1 is 0.926 bits per heavy atom. The lowest BCUT2D eigenvalue weighted by atomic mass is 10.00. The van der Waals surface area contributed by atoms with Crippen molar-refractivity contribution in [1.82, 2.24) is 0 Å². The van der Waals surface area contributed by atoms with E-state index in [4.69, 9.17) is 23.2 Å². The van der Waals surface area contributed by atoms with Crippen molar-refractivity contribution in [2.75, 3.05) is 11.4 Å². The van der Waals surface area contributed by atoms with Gasteiger partial charge in [0.25, 0.3) is 0 Å². The van der Waals surface area contributed by atoms with Crippen LogP contribution >= 0.6 is 23.2 Å². The number of carbonyl (C=O) groups is 1. The summed E-state index contributed by atoms with van der Waals surface area (Å²) in [6, 6.07) is 22.9. The second-order valence-electron chi connectivity index (χ2n) is 6.26. The van der Waals surface area contributed by atoms with E-state index in [2.05, 4.69) is 4.99 Å². The van der Waals surface area contributed by atoms with Gasteiger partial charge in [-0.25, -0.2) is 0 Å². The number of hydrogen-bond donors (Lipinski definition) is 0. The molecule has 5 heteroatoms. The number of amides is 1. The Labute approximate surface area is 167 Å². The summed E-state index contributed by atoms with van der Waals surface area (Å²) in [4.78, 5) is 19.2. The van der Waals surface area contributed by atoms with Crippen LogP contribution in [0.3, 0.4) is 0 Å². The molecular weight excluding hydrogens is 379 g/mol. The van der Waals surface area contributed by atoms with Gasteiger partial charge in [-0.15, -0.1) is 0 Å². The van der Waals surface area contributed by atoms with Gasteiger partial charge in [0.2, 0.25) is 5.91 Å². The number of hydrogen-bond acceptors (Lipinski definition) is 2. The van der Waals surface area contributed by atoms with Crippen LogP contribution in [0.25, 0.3) is 0 Å². The van der Waals surface area contributed by atoms with Gasteiger partial charge in [-0.3, -0.25) is 9.79 Å². The average molecular weight is 395 g/mol. The quantitative estimate of drug-likeness (QED) is 0.586. The van der Waals surface area contributed by atoms with Crippen molar-refractivity contribution in [2.24, 2.45) is 4.99 Å². The minimum atomic E-state index is -0.0792. The summed E-state index contributed by atoms with van der Waals surface area (Å²) in [5.41, 5.74) is 4.23. The molecule has 0 saturated heterocycles. The molecule has 0 aliphatic carbocycles. The Bertz CT molecular complexity index is 1030. The molecule has 4 rings (SSSR count). The second-order valence-corrected chi connectivity index (χ2v) is 7.11. The average Bonchev–Trinajstić information content (AvgIpc) is 2.81. The number of halogens is 2. The Kier molecular flexibility index (Phi) is 4.97. The molecule has 3 aromatic rings. The molecule has 3 aromatic carbocycles. The summed E-state index contributed by atoms with van der Waals surface area (Å²) >= 11 is 12.6. The van der Waals surface area contributed by atoms with Crippen LogP contribution in [-0.2, 0) is 11.3 Å². The fourth-order valence-corrected chi connectivity index (χ4v) is 3.57. The van der Waals surface area contributed by atoms with Gasteiger partial charge < -0.3 is 4.90 Å². The number of benzodiazepines with no additional fused rings is 1. The van der Waals surface area contributed by atoms with E-state index in [1.165, 1.54) is 0 Å². The van der Waals surface area contributed by atoms with Gasteiger partial charge in [0.15, 0.2) is 0 Å². The Balaban J connectivity index is 1.83. The van der Waals surface area contributed by atoms with Crippen LogP contribution in [0.1, 0.15) is 16.7 Å². The van der Waals surface area contributed by atoms with E-state index in [-0.39, 0.29) is 12.5 Å². The maximum absolute atomic E-state index is 12.9. The van der Waals surface area contributed by atoms with Crippen molar-refractivity contribution >= 4 is 40.5 Å². The first kappa shape index (κ1) is 17.8. The molecule has 0 radical (unpaired) electrons. The van der Waals surface area contributed by atoms with Crippen molar-refractivity contribution in [3.05, 3.63) is 99.5 Å². The topological polar surface area (TPSA) is 32.7 Å². The molecule has 1 heterocycles. The van der Waals surface area contributed by atoms with Gasteiger partial charge in [-0.05, 0) is 29.8 Å². The molecule has 3 nitrogen and oxygen atoms in total. The van der Waals surface area contributed by atoms with Crippen LogP contribution in [-0.4, -0.2) is 18.2 Å². The zero-order chi connectivity index (χ0) is 18.8. The fourth-order valence-electron chi connectivity index (χ4n) is 3.20. The van der Waals surface area contributed by atoms with Crippen LogP contribution < -0.4 is 4.90 Å². The van der Waals surface area contributed by atoms with Gasteiger partial charge in [0.05, 0.1) is 17.9 Å². The van der Waals surface area contributed by atoms with E-state index in [1.54, 1.807) is 11.0 Å². The number of aliphatic imine (C=N–C) groups is 1. The standard InChI is InChI=1S/C22H16Cl2N2O/c23-17-10-11-20-18(12-17)22(15-6-2-1-3-7-15)25-13-21(27)26(20)14-16-8-4-5-9-19(16)24/h1-12H,13-14H2. The summed E-state index contributed by atoms with van der Waals surface area (Å²) in [6.45, 7) is 0.450. The third-order valence-corrected chi connectivity index (χ3v) is 5.12. The van der Waals surface area contributed by atoms with Gasteiger partial charge >= 0.3 is 0 Å². The lowest BCUT2D eigenvalue weighted by molar-refractivity contribution is -0.117. The summed E-state index contributed by atoms with van der Waals surface area (Å²) in [5.74, 6) is -0.0792. The Hall–Kier alpha value is -2.62. The van der Waals surface area contributed by atoms with Gasteiger partial charge in [-0.2, -0.15) is 0 Å². The maximum Gasteiger partial charge on any atom is 0.248 e. The highest BCUT2D eigenvalue weighted by Gasteiger charge is 2.26. The molecule has 0 saturated carbocycles. The molecule has 1 aliphatic rings. The predicted octanol–water partition coefficient (Wildman–Crippen LogP) is 5.38. The van der Waals surface area contributed by atoms with Gasteiger partial charge in [0, 0.05) is 21.2 Å². The zero-order valence-electron chi connectivity index (χ0n) is 14.4. The molecule has 0 spiro atoms. The molecule has 0 N–H and O–H groups in total. The zero-order valence-corrected chi connectivity index (χ0v) is 15.9. The molecular formula is C22H16Cl2N2O. The number of fused-ring (bicyclic) bond motifs is 1. The normalized spacial score (nSPS) is 13.8. The van der Waals surface area contributed by atoms with E-state index >= 15 is 0 Å². The van der Waals surface area contributed by atoms with Crippen molar-refractivity contribution in [2.45, 2.75) is 6.54 Å². The van der Waals surface area contributed by atoms with Crippen molar-refractivity contribution in [3.8, 4) is 0 Å². The Morgan fingerprint density at radius 2 is 1.67 bits per heavy atom. The summed E-state index contributed by atoms with van der Waals surface area (Å²) < 4.78 is 0. The number of nitrogens with zero attached hydrogens (tertiary/aromatic N) is 2. The molecule has 0 atom stereocenters. The molecule has 134 valence electrons. The predicted molar refractivity (Wildman–Crippen MR) is 111 cm³/mol. The first-order valence-corrected chi connectivity index (χ1v) is 9.32. The van der Waals surface area contributed by atoms with Crippen LogP contribution in [0, 0.1) is 0 Å². The van der Waals surface area contributed by atoms with E-state index < -0.39 is 0 Å². The highest BCUT2D eigenvalue weighted by Crippen LogP contribution is 2.31. The molecule has 1 amide bonds. The summed E-state index contributed by atoms with van der Waals surface area (Å²) in [6.07, 6.45) is 0.